The van der Waals surface area contributed by atoms with Gasteiger partial charge in [-0.1, -0.05) is 17.7 Å². The second-order valence-electron chi connectivity index (χ2n) is 7.03. The summed E-state index contributed by atoms with van der Waals surface area (Å²) in [6, 6.07) is 3.61. The quantitative estimate of drug-likeness (QED) is 0.758. The molecule has 9 heteroatoms. The minimum Gasteiger partial charge on any atom is -0.444 e. The van der Waals surface area contributed by atoms with E-state index in [1.165, 1.54) is 17.0 Å². The molecule has 0 aliphatic carbocycles. The average molecular weight is 386 g/mol. The number of carbonyl (C=O) groups is 1. The average Bonchev–Trinajstić information content (AvgIpc) is 3.14. The van der Waals surface area contributed by atoms with Crippen LogP contribution in [0.3, 0.4) is 0 Å². The van der Waals surface area contributed by atoms with Crippen LogP contribution in [0.1, 0.15) is 39.1 Å². The Labute approximate surface area is 154 Å². The summed E-state index contributed by atoms with van der Waals surface area (Å²) in [5.41, 5.74) is -0.685. The predicted molar refractivity (Wildman–Crippen MR) is 89.9 cm³/mol. The minimum absolute atomic E-state index is 0.00109. The van der Waals surface area contributed by atoms with Crippen molar-refractivity contribution in [3.05, 3.63) is 34.9 Å². The number of alkyl halides is 1. The van der Waals surface area contributed by atoms with E-state index in [2.05, 4.69) is 10.2 Å². The molecule has 1 aliphatic rings. The van der Waals surface area contributed by atoms with Crippen molar-refractivity contribution < 1.29 is 22.7 Å². The van der Waals surface area contributed by atoms with Gasteiger partial charge in [0.05, 0.1) is 17.1 Å². The van der Waals surface area contributed by atoms with E-state index in [0.717, 1.165) is 0 Å². The number of ether oxygens (including phenoxy) is 1. The highest BCUT2D eigenvalue weighted by Crippen LogP contribution is 2.36. The number of rotatable bonds is 2. The van der Waals surface area contributed by atoms with E-state index >= 15 is 0 Å². The molecular formula is C17H18ClF2N3O3. The molecule has 2 atom stereocenters. The SMILES string of the molecule is CC(C)(C)OC(=O)N1C[C@H](F)C[C@H]1c1nnc(-c2cccc(Cl)c2F)o1. The smallest absolute Gasteiger partial charge is 0.411 e. The number of halogens is 3. The van der Waals surface area contributed by atoms with Gasteiger partial charge in [-0.25, -0.2) is 13.6 Å². The summed E-state index contributed by atoms with van der Waals surface area (Å²) in [7, 11) is 0. The molecule has 1 fully saturated rings. The first-order valence-corrected chi connectivity index (χ1v) is 8.45. The lowest BCUT2D eigenvalue weighted by Crippen LogP contribution is -2.37. The standard InChI is InChI=1S/C17H18ClF2N3O3/c1-17(2,3)26-16(24)23-8-9(19)7-12(23)15-22-21-14(25-15)10-5-4-6-11(18)13(10)20/h4-6,9,12H,7-8H2,1-3H3/t9-,12+/m1/s1. The number of likely N-dealkylation sites (tertiary alicyclic amines) is 1. The molecule has 2 aromatic rings. The van der Waals surface area contributed by atoms with Crippen LogP contribution >= 0.6 is 11.6 Å². The van der Waals surface area contributed by atoms with Crippen molar-refractivity contribution >= 4 is 17.7 Å². The molecule has 1 saturated heterocycles. The lowest BCUT2D eigenvalue weighted by Gasteiger charge is -2.26. The maximum atomic E-state index is 14.1. The molecule has 1 amide bonds. The van der Waals surface area contributed by atoms with Gasteiger partial charge in [0, 0.05) is 6.42 Å². The van der Waals surface area contributed by atoms with Crippen molar-refractivity contribution in [1.29, 1.82) is 0 Å². The van der Waals surface area contributed by atoms with Crippen LogP contribution in [0.4, 0.5) is 13.6 Å². The van der Waals surface area contributed by atoms with Gasteiger partial charge in [-0.2, -0.15) is 0 Å². The van der Waals surface area contributed by atoms with Crippen LogP contribution in [0.15, 0.2) is 22.6 Å². The molecular weight excluding hydrogens is 368 g/mol. The lowest BCUT2D eigenvalue weighted by atomic mass is 10.2. The van der Waals surface area contributed by atoms with Crippen LogP contribution in [-0.4, -0.2) is 39.5 Å². The fraction of sp³-hybridized carbons (Fsp3) is 0.471. The molecule has 6 nitrogen and oxygen atoms in total. The number of benzene rings is 1. The summed E-state index contributed by atoms with van der Waals surface area (Å²) < 4.78 is 38.9. The number of carbonyl (C=O) groups excluding carboxylic acids is 1. The van der Waals surface area contributed by atoms with Crippen molar-refractivity contribution in [2.75, 3.05) is 6.54 Å². The lowest BCUT2D eigenvalue weighted by molar-refractivity contribution is 0.0197. The van der Waals surface area contributed by atoms with Crippen LogP contribution in [-0.2, 0) is 4.74 Å². The Balaban J connectivity index is 1.87. The Hall–Kier alpha value is -2.22. The largest absolute Gasteiger partial charge is 0.444 e. The fourth-order valence-electron chi connectivity index (χ4n) is 2.69. The van der Waals surface area contributed by atoms with E-state index < -0.39 is 29.7 Å². The first-order chi connectivity index (χ1) is 12.2. The molecule has 0 saturated carbocycles. The van der Waals surface area contributed by atoms with Gasteiger partial charge in [0.2, 0.25) is 5.89 Å². The Morgan fingerprint density at radius 3 is 2.81 bits per heavy atom. The van der Waals surface area contributed by atoms with Crippen molar-refractivity contribution in [3.8, 4) is 11.5 Å². The van der Waals surface area contributed by atoms with Gasteiger partial charge < -0.3 is 9.15 Å². The van der Waals surface area contributed by atoms with E-state index in [1.54, 1.807) is 26.8 Å². The minimum atomic E-state index is -1.24. The molecule has 1 aliphatic heterocycles. The van der Waals surface area contributed by atoms with Crippen molar-refractivity contribution in [3.63, 3.8) is 0 Å². The zero-order valence-corrected chi connectivity index (χ0v) is 15.3. The summed E-state index contributed by atoms with van der Waals surface area (Å²) in [5, 5.41) is 7.60. The number of hydrogen-bond acceptors (Lipinski definition) is 5. The Morgan fingerprint density at radius 1 is 1.38 bits per heavy atom. The van der Waals surface area contributed by atoms with Crippen LogP contribution in [0.2, 0.25) is 5.02 Å². The molecule has 0 N–H and O–H groups in total. The molecule has 1 aromatic heterocycles. The molecule has 0 unspecified atom stereocenters. The third-order valence-corrected chi connectivity index (χ3v) is 4.08. The molecule has 0 spiro atoms. The van der Waals surface area contributed by atoms with Crippen LogP contribution in [0.5, 0.6) is 0 Å². The summed E-state index contributed by atoms with van der Waals surface area (Å²) in [5.74, 6) is -0.764. The zero-order valence-electron chi connectivity index (χ0n) is 14.5. The number of amides is 1. The number of hydrogen-bond donors (Lipinski definition) is 0. The maximum absolute atomic E-state index is 14.1. The van der Waals surface area contributed by atoms with E-state index in [-0.39, 0.29) is 35.3 Å². The van der Waals surface area contributed by atoms with Gasteiger partial charge in [0.1, 0.15) is 17.8 Å². The molecule has 1 aromatic carbocycles. The third kappa shape index (κ3) is 3.80. The summed E-state index contributed by atoms with van der Waals surface area (Å²) in [6.45, 7) is 5.02. The summed E-state index contributed by atoms with van der Waals surface area (Å²) in [6.07, 6.45) is -1.92. The van der Waals surface area contributed by atoms with E-state index in [0.29, 0.717) is 0 Å². The second kappa shape index (κ2) is 6.83. The van der Waals surface area contributed by atoms with E-state index in [9.17, 15) is 13.6 Å². The molecule has 0 bridgehead atoms. The number of aromatic nitrogens is 2. The highest BCUT2D eigenvalue weighted by Gasteiger charge is 2.41. The van der Waals surface area contributed by atoms with Crippen LogP contribution in [0.25, 0.3) is 11.5 Å². The predicted octanol–water partition coefficient (Wildman–Crippen LogP) is 4.55. The second-order valence-corrected chi connectivity index (χ2v) is 7.44. The van der Waals surface area contributed by atoms with Crippen molar-refractivity contribution in [2.45, 2.75) is 45.0 Å². The van der Waals surface area contributed by atoms with Crippen LogP contribution < -0.4 is 0 Å². The van der Waals surface area contributed by atoms with E-state index in [4.69, 9.17) is 20.8 Å². The number of nitrogens with zero attached hydrogens (tertiary/aromatic N) is 3. The zero-order chi connectivity index (χ0) is 19.1. The summed E-state index contributed by atoms with van der Waals surface area (Å²) in [4.78, 5) is 13.5. The van der Waals surface area contributed by atoms with Gasteiger partial charge in [0.15, 0.2) is 5.82 Å². The first-order valence-electron chi connectivity index (χ1n) is 8.07. The molecule has 0 radical (unpaired) electrons. The van der Waals surface area contributed by atoms with Crippen molar-refractivity contribution in [1.82, 2.24) is 15.1 Å². The third-order valence-electron chi connectivity index (χ3n) is 3.79. The summed E-state index contributed by atoms with van der Waals surface area (Å²) >= 11 is 5.76. The first kappa shape index (κ1) is 18.6. The van der Waals surface area contributed by atoms with Gasteiger partial charge in [-0.3, -0.25) is 4.90 Å². The van der Waals surface area contributed by atoms with Crippen molar-refractivity contribution in [2.24, 2.45) is 0 Å². The fourth-order valence-corrected chi connectivity index (χ4v) is 2.86. The molecule has 26 heavy (non-hydrogen) atoms. The monoisotopic (exact) mass is 385 g/mol. The molecule has 2 heterocycles. The van der Waals surface area contributed by atoms with Gasteiger partial charge in [-0.05, 0) is 32.9 Å². The Kier molecular flexibility index (Phi) is 4.88. The van der Waals surface area contributed by atoms with Gasteiger partial charge in [-0.15, -0.1) is 10.2 Å². The maximum Gasteiger partial charge on any atom is 0.411 e. The van der Waals surface area contributed by atoms with Gasteiger partial charge >= 0.3 is 6.09 Å². The topological polar surface area (TPSA) is 68.5 Å². The molecule has 3 rings (SSSR count). The Bertz CT molecular complexity index is 822. The van der Waals surface area contributed by atoms with Gasteiger partial charge in [0.25, 0.3) is 5.89 Å². The van der Waals surface area contributed by atoms with E-state index in [1.807, 2.05) is 0 Å². The van der Waals surface area contributed by atoms with Crippen LogP contribution in [0, 0.1) is 5.82 Å². The Morgan fingerprint density at radius 2 is 2.12 bits per heavy atom. The highest BCUT2D eigenvalue weighted by molar-refractivity contribution is 6.31. The normalized spacial score (nSPS) is 20.5. The molecule has 140 valence electrons. The highest BCUT2D eigenvalue weighted by atomic mass is 35.5.